The molecule has 0 fully saturated rings. The molecule has 0 saturated heterocycles. The summed E-state index contributed by atoms with van der Waals surface area (Å²) in [4.78, 5) is 24.4. The van der Waals surface area contributed by atoms with E-state index in [1.807, 2.05) is 22.6 Å². The fourth-order valence-corrected chi connectivity index (χ4v) is 2.73. The molecule has 1 N–H and O–H groups in total. The van der Waals surface area contributed by atoms with Gasteiger partial charge in [-0.15, -0.1) is 0 Å². The summed E-state index contributed by atoms with van der Waals surface area (Å²) < 4.78 is 5.68. The lowest BCUT2D eigenvalue weighted by molar-refractivity contribution is -0.384. The monoisotopic (exact) mass is 442 g/mol. The zero-order valence-electron chi connectivity index (χ0n) is 13.0. The first-order valence-electron chi connectivity index (χ1n) is 6.88. The number of hydrogen-bond donors (Lipinski definition) is 1. The number of rotatable bonds is 5. The Kier molecular flexibility index (Phi) is 5.60. The van der Waals surface area contributed by atoms with Crippen molar-refractivity contribution in [2.75, 3.05) is 14.2 Å². The van der Waals surface area contributed by atoms with E-state index in [0.29, 0.717) is 9.32 Å². The highest BCUT2D eigenvalue weighted by atomic mass is 127. The summed E-state index contributed by atoms with van der Waals surface area (Å²) in [6.45, 7) is 0.272. The molecular weight excluding hydrogens is 427 g/mol. The maximum atomic E-state index is 12.6. The molecule has 0 atom stereocenters. The van der Waals surface area contributed by atoms with Gasteiger partial charge < -0.3 is 14.7 Å². The highest BCUT2D eigenvalue weighted by Crippen LogP contribution is 2.27. The van der Waals surface area contributed by atoms with Crippen LogP contribution in [0.2, 0.25) is 0 Å². The number of ether oxygens (including phenoxy) is 1. The molecule has 7 nitrogen and oxygen atoms in total. The summed E-state index contributed by atoms with van der Waals surface area (Å²) in [5.74, 6) is 0.0110. The molecule has 0 bridgehead atoms. The quantitative estimate of drug-likeness (QED) is 0.436. The normalized spacial score (nSPS) is 10.3. The fraction of sp³-hybridized carbons (Fsp3) is 0.188. The van der Waals surface area contributed by atoms with E-state index in [2.05, 4.69) is 0 Å². The number of aromatic hydroxyl groups is 1. The Morgan fingerprint density at radius 1 is 1.33 bits per heavy atom. The summed E-state index contributed by atoms with van der Waals surface area (Å²) in [5, 5.41) is 20.5. The average molecular weight is 442 g/mol. The number of phenolic OH excluding ortho intramolecular Hbond substituents is 1. The number of non-ortho nitro benzene ring substituents is 1. The van der Waals surface area contributed by atoms with Gasteiger partial charge >= 0.3 is 0 Å². The molecular formula is C16H15IN2O5. The minimum Gasteiger partial charge on any atom is -0.504 e. The van der Waals surface area contributed by atoms with Crippen LogP contribution in [-0.4, -0.2) is 35.0 Å². The van der Waals surface area contributed by atoms with Crippen LogP contribution in [0.4, 0.5) is 5.69 Å². The zero-order valence-corrected chi connectivity index (χ0v) is 15.2. The Morgan fingerprint density at radius 3 is 2.67 bits per heavy atom. The molecule has 2 aromatic carbocycles. The third kappa shape index (κ3) is 3.94. The van der Waals surface area contributed by atoms with Crippen LogP contribution in [-0.2, 0) is 6.54 Å². The van der Waals surface area contributed by atoms with Crippen molar-refractivity contribution in [1.29, 1.82) is 0 Å². The van der Waals surface area contributed by atoms with Crippen molar-refractivity contribution in [2.24, 2.45) is 0 Å². The van der Waals surface area contributed by atoms with E-state index in [1.165, 1.54) is 30.2 Å². The SMILES string of the molecule is COc1cc(CN(C)C(=O)c2cc([N+](=O)[O-])ccc2I)ccc1O. The largest absolute Gasteiger partial charge is 0.504 e. The van der Waals surface area contributed by atoms with Gasteiger partial charge in [0.1, 0.15) is 0 Å². The van der Waals surface area contributed by atoms with Gasteiger partial charge in [-0.2, -0.15) is 0 Å². The molecule has 0 aromatic heterocycles. The smallest absolute Gasteiger partial charge is 0.270 e. The van der Waals surface area contributed by atoms with Crippen LogP contribution < -0.4 is 4.74 Å². The first kappa shape index (κ1) is 18.0. The number of nitro groups is 1. The topological polar surface area (TPSA) is 92.9 Å². The summed E-state index contributed by atoms with van der Waals surface area (Å²) in [7, 11) is 3.05. The van der Waals surface area contributed by atoms with Crippen molar-refractivity contribution in [3.8, 4) is 11.5 Å². The Balaban J connectivity index is 2.24. The van der Waals surface area contributed by atoms with Gasteiger partial charge in [-0.05, 0) is 46.4 Å². The molecule has 0 aliphatic heterocycles. The van der Waals surface area contributed by atoms with Crippen LogP contribution in [0.25, 0.3) is 0 Å². The number of carbonyl (C=O) groups is 1. The number of phenols is 1. The molecule has 126 valence electrons. The number of methoxy groups -OCH3 is 1. The van der Waals surface area contributed by atoms with Gasteiger partial charge in [0.15, 0.2) is 11.5 Å². The molecule has 0 heterocycles. The standard InChI is InChI=1S/C16H15IN2O5/c1-18(9-10-3-6-14(20)15(7-10)24-2)16(21)12-8-11(19(22)23)4-5-13(12)17/h3-8,20H,9H2,1-2H3. The average Bonchev–Trinajstić information content (AvgIpc) is 2.56. The van der Waals surface area contributed by atoms with E-state index in [0.717, 1.165) is 5.56 Å². The van der Waals surface area contributed by atoms with Gasteiger partial charge in [-0.25, -0.2) is 0 Å². The molecule has 24 heavy (non-hydrogen) atoms. The highest BCUT2D eigenvalue weighted by Gasteiger charge is 2.19. The Labute approximate surface area is 152 Å². The van der Waals surface area contributed by atoms with Crippen molar-refractivity contribution in [1.82, 2.24) is 4.90 Å². The number of nitrogens with zero attached hydrogens (tertiary/aromatic N) is 2. The molecule has 0 aliphatic rings. The second kappa shape index (κ2) is 7.47. The number of benzene rings is 2. The molecule has 8 heteroatoms. The fourth-order valence-electron chi connectivity index (χ4n) is 2.16. The predicted octanol–water partition coefficient (Wildman–Crippen LogP) is 3.19. The van der Waals surface area contributed by atoms with Gasteiger partial charge in [0.25, 0.3) is 11.6 Å². The number of halogens is 1. The lowest BCUT2D eigenvalue weighted by atomic mass is 10.1. The number of hydrogen-bond acceptors (Lipinski definition) is 5. The van der Waals surface area contributed by atoms with E-state index >= 15 is 0 Å². The predicted molar refractivity (Wildman–Crippen MR) is 96.3 cm³/mol. The van der Waals surface area contributed by atoms with Crippen LogP contribution >= 0.6 is 22.6 Å². The maximum Gasteiger partial charge on any atom is 0.270 e. The minimum absolute atomic E-state index is 0.0171. The minimum atomic E-state index is -0.530. The van der Waals surface area contributed by atoms with Crippen molar-refractivity contribution in [3.63, 3.8) is 0 Å². The van der Waals surface area contributed by atoms with Crippen molar-refractivity contribution in [2.45, 2.75) is 6.54 Å². The lowest BCUT2D eigenvalue weighted by Gasteiger charge is -2.18. The highest BCUT2D eigenvalue weighted by molar-refractivity contribution is 14.1. The van der Waals surface area contributed by atoms with Crippen molar-refractivity contribution < 1.29 is 19.6 Å². The zero-order chi connectivity index (χ0) is 17.9. The van der Waals surface area contributed by atoms with Crippen LogP contribution in [0.15, 0.2) is 36.4 Å². The molecule has 0 aliphatic carbocycles. The first-order valence-corrected chi connectivity index (χ1v) is 7.96. The van der Waals surface area contributed by atoms with Gasteiger partial charge in [-0.1, -0.05) is 6.07 Å². The van der Waals surface area contributed by atoms with Gasteiger partial charge in [-0.3, -0.25) is 14.9 Å². The van der Waals surface area contributed by atoms with Crippen LogP contribution in [0.1, 0.15) is 15.9 Å². The second-order valence-corrected chi connectivity index (χ2v) is 6.25. The molecule has 0 radical (unpaired) electrons. The van der Waals surface area contributed by atoms with Gasteiger partial charge in [0.2, 0.25) is 0 Å². The number of amides is 1. The Bertz CT molecular complexity index is 794. The lowest BCUT2D eigenvalue weighted by Crippen LogP contribution is -2.27. The van der Waals surface area contributed by atoms with Crippen LogP contribution in [0.5, 0.6) is 11.5 Å². The maximum absolute atomic E-state index is 12.6. The van der Waals surface area contributed by atoms with Gasteiger partial charge in [0.05, 0.1) is 17.6 Å². The summed E-state index contributed by atoms with van der Waals surface area (Å²) in [6, 6.07) is 8.99. The molecule has 2 rings (SSSR count). The molecule has 2 aromatic rings. The number of carbonyl (C=O) groups excluding carboxylic acids is 1. The van der Waals surface area contributed by atoms with E-state index < -0.39 is 4.92 Å². The van der Waals surface area contributed by atoms with Crippen molar-refractivity contribution in [3.05, 3.63) is 61.2 Å². The molecule has 0 saturated carbocycles. The van der Waals surface area contributed by atoms with E-state index in [9.17, 15) is 20.0 Å². The molecule has 0 spiro atoms. The van der Waals surface area contributed by atoms with Crippen molar-refractivity contribution >= 4 is 34.2 Å². The van der Waals surface area contributed by atoms with Gasteiger partial charge in [0, 0.05) is 29.3 Å². The molecule has 1 amide bonds. The number of nitro benzene ring substituents is 1. The second-order valence-electron chi connectivity index (χ2n) is 5.09. The summed E-state index contributed by atoms with van der Waals surface area (Å²) in [6.07, 6.45) is 0. The van der Waals surface area contributed by atoms with E-state index in [1.54, 1.807) is 25.2 Å². The summed E-state index contributed by atoms with van der Waals surface area (Å²) >= 11 is 1.97. The first-order chi connectivity index (χ1) is 11.3. The Morgan fingerprint density at radius 2 is 2.04 bits per heavy atom. The van der Waals surface area contributed by atoms with E-state index in [4.69, 9.17) is 4.74 Å². The summed E-state index contributed by atoms with van der Waals surface area (Å²) in [5.41, 5.74) is 0.914. The molecule has 0 unspecified atom stereocenters. The third-order valence-electron chi connectivity index (χ3n) is 3.40. The van der Waals surface area contributed by atoms with E-state index in [-0.39, 0.29) is 29.5 Å². The Hall–Kier alpha value is -2.36. The van der Waals surface area contributed by atoms with Crippen LogP contribution in [0.3, 0.4) is 0 Å². The van der Waals surface area contributed by atoms with Crippen LogP contribution in [0, 0.1) is 13.7 Å². The third-order valence-corrected chi connectivity index (χ3v) is 4.34.